The number of benzene rings is 1. The summed E-state index contributed by atoms with van der Waals surface area (Å²) in [5.41, 5.74) is 0.990. The molecule has 0 radical (unpaired) electrons. The number of nitrogens with one attached hydrogen (secondary N) is 1. The zero-order valence-corrected chi connectivity index (χ0v) is 9.37. The second-order valence-electron chi connectivity index (χ2n) is 2.99. The normalized spacial score (nSPS) is 9.80. The molecule has 0 amide bonds. The van der Waals surface area contributed by atoms with Crippen molar-refractivity contribution in [2.45, 2.75) is 0 Å². The number of rotatable bonds is 6. The van der Waals surface area contributed by atoms with Gasteiger partial charge in [0.2, 0.25) is 0 Å². The highest BCUT2D eigenvalue weighted by molar-refractivity contribution is 5.54. The third-order valence-corrected chi connectivity index (χ3v) is 2.02. The van der Waals surface area contributed by atoms with Crippen molar-refractivity contribution in [3.05, 3.63) is 18.2 Å². The molecule has 0 aliphatic carbocycles. The molecule has 1 aromatic carbocycles. The molecule has 0 aliphatic heterocycles. The molecule has 15 heavy (non-hydrogen) atoms. The van der Waals surface area contributed by atoms with Crippen molar-refractivity contribution in [3.8, 4) is 11.5 Å². The van der Waals surface area contributed by atoms with Crippen molar-refractivity contribution in [3.63, 3.8) is 0 Å². The zero-order chi connectivity index (χ0) is 11.1. The zero-order valence-electron chi connectivity index (χ0n) is 9.37. The summed E-state index contributed by atoms with van der Waals surface area (Å²) in [6.45, 7) is 1.44. The van der Waals surface area contributed by atoms with Crippen LogP contribution >= 0.6 is 0 Å². The first-order valence-electron chi connectivity index (χ1n) is 4.76. The lowest BCUT2D eigenvalue weighted by Crippen LogP contribution is -2.07. The van der Waals surface area contributed by atoms with Gasteiger partial charge >= 0.3 is 0 Å². The molecule has 1 N–H and O–H groups in total. The van der Waals surface area contributed by atoms with E-state index in [2.05, 4.69) is 5.32 Å². The molecule has 4 nitrogen and oxygen atoms in total. The van der Waals surface area contributed by atoms with Crippen LogP contribution in [0.25, 0.3) is 0 Å². The van der Waals surface area contributed by atoms with Gasteiger partial charge in [0.1, 0.15) is 0 Å². The highest BCUT2D eigenvalue weighted by Crippen LogP contribution is 2.29. The van der Waals surface area contributed by atoms with Crippen LogP contribution in [0.1, 0.15) is 0 Å². The van der Waals surface area contributed by atoms with Crippen LogP contribution in [0.15, 0.2) is 18.2 Å². The van der Waals surface area contributed by atoms with Gasteiger partial charge < -0.3 is 19.5 Å². The maximum Gasteiger partial charge on any atom is 0.162 e. The molecule has 0 saturated heterocycles. The Kier molecular flexibility index (Phi) is 4.77. The van der Waals surface area contributed by atoms with E-state index in [1.807, 2.05) is 18.2 Å². The number of hydrogen-bond acceptors (Lipinski definition) is 4. The van der Waals surface area contributed by atoms with E-state index in [1.165, 1.54) is 0 Å². The largest absolute Gasteiger partial charge is 0.493 e. The van der Waals surface area contributed by atoms with Crippen LogP contribution in [0.2, 0.25) is 0 Å². The molecule has 0 unspecified atom stereocenters. The Bertz CT molecular complexity index is 302. The van der Waals surface area contributed by atoms with Gasteiger partial charge in [0.15, 0.2) is 11.5 Å². The van der Waals surface area contributed by atoms with Gasteiger partial charge in [0, 0.05) is 25.4 Å². The fraction of sp³-hybridized carbons (Fsp3) is 0.455. The second kappa shape index (κ2) is 6.14. The minimum absolute atomic E-state index is 0.675. The summed E-state index contributed by atoms with van der Waals surface area (Å²) >= 11 is 0. The first kappa shape index (κ1) is 11.7. The monoisotopic (exact) mass is 211 g/mol. The van der Waals surface area contributed by atoms with Crippen LogP contribution in [-0.2, 0) is 4.74 Å². The lowest BCUT2D eigenvalue weighted by Gasteiger charge is -2.10. The number of hydrogen-bond donors (Lipinski definition) is 1. The highest BCUT2D eigenvalue weighted by Gasteiger charge is 2.03. The van der Waals surface area contributed by atoms with Crippen molar-refractivity contribution in [1.29, 1.82) is 0 Å². The van der Waals surface area contributed by atoms with Crippen molar-refractivity contribution in [1.82, 2.24) is 0 Å². The molecular formula is C11H17NO3. The van der Waals surface area contributed by atoms with Gasteiger partial charge in [0.05, 0.1) is 20.8 Å². The Hall–Kier alpha value is -1.42. The smallest absolute Gasteiger partial charge is 0.162 e. The molecular weight excluding hydrogens is 194 g/mol. The minimum Gasteiger partial charge on any atom is -0.493 e. The van der Waals surface area contributed by atoms with Crippen LogP contribution in [0.4, 0.5) is 5.69 Å². The minimum atomic E-state index is 0.675. The van der Waals surface area contributed by atoms with Crippen LogP contribution in [-0.4, -0.2) is 34.5 Å². The lowest BCUT2D eigenvalue weighted by molar-refractivity contribution is 0.211. The molecule has 1 rings (SSSR count). The van der Waals surface area contributed by atoms with E-state index >= 15 is 0 Å². The van der Waals surface area contributed by atoms with Crippen molar-refractivity contribution < 1.29 is 14.2 Å². The molecule has 0 spiro atoms. The van der Waals surface area contributed by atoms with Crippen LogP contribution in [0.5, 0.6) is 11.5 Å². The van der Waals surface area contributed by atoms with Crippen molar-refractivity contribution in [2.24, 2.45) is 0 Å². The first-order chi connectivity index (χ1) is 7.31. The summed E-state index contributed by atoms with van der Waals surface area (Å²) in [5.74, 6) is 1.45. The van der Waals surface area contributed by atoms with E-state index in [0.29, 0.717) is 6.61 Å². The Morgan fingerprint density at radius 2 is 1.80 bits per heavy atom. The van der Waals surface area contributed by atoms with Gasteiger partial charge in [-0.1, -0.05) is 0 Å². The topological polar surface area (TPSA) is 39.7 Å². The van der Waals surface area contributed by atoms with Gasteiger partial charge in [-0.3, -0.25) is 0 Å². The maximum absolute atomic E-state index is 5.19. The molecule has 0 fully saturated rings. The molecule has 0 bridgehead atoms. The van der Waals surface area contributed by atoms with E-state index < -0.39 is 0 Å². The summed E-state index contributed by atoms with van der Waals surface area (Å²) in [7, 11) is 4.92. The van der Waals surface area contributed by atoms with E-state index in [9.17, 15) is 0 Å². The Labute approximate surface area is 90.1 Å². The van der Waals surface area contributed by atoms with Gasteiger partial charge in [-0.05, 0) is 12.1 Å². The van der Waals surface area contributed by atoms with Crippen molar-refractivity contribution >= 4 is 5.69 Å². The number of methoxy groups -OCH3 is 3. The molecule has 84 valence electrons. The van der Waals surface area contributed by atoms with Gasteiger partial charge in [-0.25, -0.2) is 0 Å². The van der Waals surface area contributed by atoms with E-state index in [4.69, 9.17) is 14.2 Å². The summed E-state index contributed by atoms with van der Waals surface area (Å²) in [6, 6.07) is 5.71. The predicted octanol–water partition coefficient (Wildman–Crippen LogP) is 1.76. The third kappa shape index (κ3) is 3.32. The second-order valence-corrected chi connectivity index (χ2v) is 2.99. The highest BCUT2D eigenvalue weighted by atomic mass is 16.5. The standard InChI is InChI=1S/C11H17NO3/c1-13-7-6-12-9-4-5-10(14-2)11(8-9)15-3/h4-5,8,12H,6-7H2,1-3H3. The molecule has 0 aliphatic rings. The average Bonchev–Trinajstić information content (AvgIpc) is 2.29. The Morgan fingerprint density at radius 3 is 2.40 bits per heavy atom. The molecule has 0 saturated carbocycles. The molecule has 1 aromatic rings. The Morgan fingerprint density at radius 1 is 1.07 bits per heavy atom. The summed E-state index contributed by atoms with van der Waals surface area (Å²) in [5, 5.41) is 3.21. The van der Waals surface area contributed by atoms with Gasteiger partial charge in [-0.2, -0.15) is 0 Å². The van der Waals surface area contributed by atoms with Crippen molar-refractivity contribution in [2.75, 3.05) is 39.8 Å². The number of anilines is 1. The van der Waals surface area contributed by atoms with E-state index in [0.717, 1.165) is 23.7 Å². The maximum atomic E-state index is 5.19. The summed E-state index contributed by atoms with van der Waals surface area (Å²) < 4.78 is 15.3. The lowest BCUT2D eigenvalue weighted by atomic mass is 10.2. The summed E-state index contributed by atoms with van der Waals surface area (Å²) in [6.07, 6.45) is 0. The molecule has 4 heteroatoms. The SMILES string of the molecule is COCCNc1ccc(OC)c(OC)c1. The van der Waals surface area contributed by atoms with Gasteiger partial charge in [-0.15, -0.1) is 0 Å². The third-order valence-electron chi connectivity index (χ3n) is 2.02. The van der Waals surface area contributed by atoms with E-state index in [-0.39, 0.29) is 0 Å². The van der Waals surface area contributed by atoms with Gasteiger partial charge in [0.25, 0.3) is 0 Å². The fourth-order valence-electron chi connectivity index (χ4n) is 1.24. The Balaban J connectivity index is 2.66. The predicted molar refractivity (Wildman–Crippen MR) is 59.9 cm³/mol. The average molecular weight is 211 g/mol. The van der Waals surface area contributed by atoms with Crippen LogP contribution in [0, 0.1) is 0 Å². The number of ether oxygens (including phenoxy) is 3. The molecule has 0 heterocycles. The molecule has 0 atom stereocenters. The van der Waals surface area contributed by atoms with Crippen LogP contribution in [0.3, 0.4) is 0 Å². The van der Waals surface area contributed by atoms with E-state index in [1.54, 1.807) is 21.3 Å². The summed E-state index contributed by atoms with van der Waals surface area (Å²) in [4.78, 5) is 0. The first-order valence-corrected chi connectivity index (χ1v) is 4.76. The van der Waals surface area contributed by atoms with Crippen LogP contribution < -0.4 is 14.8 Å². The molecule has 0 aromatic heterocycles. The quantitative estimate of drug-likeness (QED) is 0.728. The fourth-order valence-corrected chi connectivity index (χ4v) is 1.24.